The second kappa shape index (κ2) is 5.52. The van der Waals surface area contributed by atoms with Crippen molar-refractivity contribution in [1.82, 2.24) is 0 Å². The maximum absolute atomic E-state index is 5.39. The molecule has 0 radical (unpaired) electrons. The molecule has 0 saturated carbocycles. The number of rotatable bonds is 5. The van der Waals surface area contributed by atoms with Crippen molar-refractivity contribution in [3.8, 4) is 0 Å². The quantitative estimate of drug-likeness (QED) is 0.567. The van der Waals surface area contributed by atoms with Crippen LogP contribution in [-0.4, -0.2) is 32.5 Å². The van der Waals surface area contributed by atoms with Gasteiger partial charge in [-0.25, -0.2) is 0 Å². The first-order valence-corrected chi connectivity index (χ1v) is 4.42. The highest BCUT2D eigenvalue weighted by Gasteiger charge is 2.14. The number of ether oxygens (including phenoxy) is 2. The molecule has 0 bridgehead atoms. The largest absolute Gasteiger partial charge is 0.379 e. The molecule has 0 unspecified atom stereocenters. The smallest absolute Gasteiger partial charge is 0.0809 e. The molecule has 0 aliphatic carbocycles. The predicted molar refractivity (Wildman–Crippen MR) is 42.2 cm³/mol. The summed E-state index contributed by atoms with van der Waals surface area (Å²) in [6.45, 7) is 3.50. The molecule has 3 N–H and O–H groups in total. The lowest BCUT2D eigenvalue weighted by Gasteiger charge is -2.08. The molecule has 0 aromatic rings. The van der Waals surface area contributed by atoms with Crippen molar-refractivity contribution in [1.29, 1.82) is 0 Å². The van der Waals surface area contributed by atoms with Crippen LogP contribution in [0.3, 0.4) is 0 Å². The van der Waals surface area contributed by atoms with Gasteiger partial charge in [-0.2, -0.15) is 0 Å². The van der Waals surface area contributed by atoms with Crippen LogP contribution in [0.15, 0.2) is 0 Å². The standard InChI is InChI=1S/C8H17NO2/c9-4-2-5-10-7-8-3-1-6-11-8/h8H,1-7,9H2/p+1/t8-/m0/s1. The molecular weight excluding hydrogens is 142 g/mol. The van der Waals surface area contributed by atoms with Crippen molar-refractivity contribution in [2.45, 2.75) is 25.4 Å². The molecule has 1 aliphatic rings. The lowest BCUT2D eigenvalue weighted by atomic mass is 10.2. The minimum atomic E-state index is 0.375. The topological polar surface area (TPSA) is 46.1 Å². The average molecular weight is 160 g/mol. The number of quaternary nitrogens is 1. The van der Waals surface area contributed by atoms with Crippen LogP contribution in [0.4, 0.5) is 0 Å². The second-order valence-electron chi connectivity index (χ2n) is 2.92. The van der Waals surface area contributed by atoms with Gasteiger partial charge in [0.05, 0.1) is 25.9 Å². The number of hydrogen-bond donors (Lipinski definition) is 1. The zero-order valence-electron chi connectivity index (χ0n) is 7.05. The SMILES string of the molecule is [NH3+]CCCOC[C@@H]1CCCO1. The van der Waals surface area contributed by atoms with Crippen LogP contribution < -0.4 is 5.73 Å². The van der Waals surface area contributed by atoms with Gasteiger partial charge in [0.2, 0.25) is 0 Å². The summed E-state index contributed by atoms with van der Waals surface area (Å²) in [5.41, 5.74) is 3.74. The second-order valence-corrected chi connectivity index (χ2v) is 2.92. The Labute approximate surface area is 67.9 Å². The van der Waals surface area contributed by atoms with Gasteiger partial charge in [0.1, 0.15) is 0 Å². The van der Waals surface area contributed by atoms with Gasteiger partial charge in [-0.3, -0.25) is 0 Å². The van der Waals surface area contributed by atoms with Gasteiger partial charge in [0.25, 0.3) is 0 Å². The highest BCUT2D eigenvalue weighted by Crippen LogP contribution is 2.11. The molecule has 11 heavy (non-hydrogen) atoms. The van der Waals surface area contributed by atoms with Crippen LogP contribution in [-0.2, 0) is 9.47 Å². The average Bonchev–Trinajstić information content (AvgIpc) is 2.50. The van der Waals surface area contributed by atoms with Crippen molar-refractivity contribution in [2.75, 3.05) is 26.4 Å². The lowest BCUT2D eigenvalue weighted by molar-refractivity contribution is -0.369. The summed E-state index contributed by atoms with van der Waals surface area (Å²) in [5.74, 6) is 0. The van der Waals surface area contributed by atoms with Crippen molar-refractivity contribution < 1.29 is 15.2 Å². The van der Waals surface area contributed by atoms with E-state index < -0.39 is 0 Å². The Bertz CT molecular complexity index is 92.1. The van der Waals surface area contributed by atoms with E-state index in [0.717, 1.165) is 32.8 Å². The van der Waals surface area contributed by atoms with Crippen LogP contribution in [0.1, 0.15) is 19.3 Å². The predicted octanol–water partition coefficient (Wildman–Crippen LogP) is -0.186. The molecule has 1 heterocycles. The molecule has 0 spiro atoms. The minimum absolute atomic E-state index is 0.375. The first kappa shape index (κ1) is 8.97. The van der Waals surface area contributed by atoms with Gasteiger partial charge < -0.3 is 15.2 Å². The Balaban J connectivity index is 1.86. The Kier molecular flexibility index (Phi) is 4.50. The summed E-state index contributed by atoms with van der Waals surface area (Å²) in [5, 5.41) is 0. The summed E-state index contributed by atoms with van der Waals surface area (Å²) in [4.78, 5) is 0. The first-order valence-electron chi connectivity index (χ1n) is 4.42. The van der Waals surface area contributed by atoms with Gasteiger partial charge in [-0.1, -0.05) is 0 Å². The van der Waals surface area contributed by atoms with Crippen LogP contribution in [0.25, 0.3) is 0 Å². The van der Waals surface area contributed by atoms with Crippen molar-refractivity contribution >= 4 is 0 Å². The maximum atomic E-state index is 5.39. The van der Waals surface area contributed by atoms with Crippen molar-refractivity contribution in [2.24, 2.45) is 0 Å². The highest BCUT2D eigenvalue weighted by molar-refractivity contribution is 4.63. The summed E-state index contributed by atoms with van der Waals surface area (Å²) < 4.78 is 10.8. The molecule has 0 aromatic heterocycles. The zero-order valence-corrected chi connectivity index (χ0v) is 7.05. The monoisotopic (exact) mass is 160 g/mol. The van der Waals surface area contributed by atoms with E-state index in [1.165, 1.54) is 12.8 Å². The normalized spacial score (nSPS) is 24.3. The third kappa shape index (κ3) is 3.70. The van der Waals surface area contributed by atoms with E-state index in [4.69, 9.17) is 9.47 Å². The Morgan fingerprint density at radius 3 is 3.09 bits per heavy atom. The van der Waals surface area contributed by atoms with Gasteiger partial charge in [0, 0.05) is 13.0 Å². The van der Waals surface area contributed by atoms with Crippen LogP contribution in [0.2, 0.25) is 0 Å². The fraction of sp³-hybridized carbons (Fsp3) is 1.00. The molecule has 0 amide bonds. The fourth-order valence-electron chi connectivity index (χ4n) is 1.19. The Morgan fingerprint density at radius 1 is 1.55 bits per heavy atom. The third-order valence-corrected chi connectivity index (χ3v) is 1.87. The first-order chi connectivity index (χ1) is 5.43. The van der Waals surface area contributed by atoms with Gasteiger partial charge in [0.15, 0.2) is 0 Å². The molecule has 1 aliphatic heterocycles. The fourth-order valence-corrected chi connectivity index (χ4v) is 1.19. The van der Waals surface area contributed by atoms with Crippen LogP contribution in [0.5, 0.6) is 0 Å². The van der Waals surface area contributed by atoms with Crippen LogP contribution >= 0.6 is 0 Å². The number of hydrogen-bond acceptors (Lipinski definition) is 2. The van der Waals surface area contributed by atoms with E-state index in [-0.39, 0.29) is 0 Å². The van der Waals surface area contributed by atoms with Crippen molar-refractivity contribution in [3.05, 3.63) is 0 Å². The van der Waals surface area contributed by atoms with Crippen LogP contribution in [0, 0.1) is 0 Å². The summed E-state index contributed by atoms with van der Waals surface area (Å²) >= 11 is 0. The third-order valence-electron chi connectivity index (χ3n) is 1.87. The molecule has 1 saturated heterocycles. The van der Waals surface area contributed by atoms with E-state index in [0.29, 0.717) is 6.10 Å². The van der Waals surface area contributed by atoms with E-state index in [1.807, 2.05) is 0 Å². The van der Waals surface area contributed by atoms with E-state index in [2.05, 4.69) is 5.73 Å². The molecule has 0 aromatic carbocycles. The molecule has 3 heteroatoms. The van der Waals surface area contributed by atoms with Crippen molar-refractivity contribution in [3.63, 3.8) is 0 Å². The Morgan fingerprint density at radius 2 is 2.45 bits per heavy atom. The molecule has 1 fully saturated rings. The van der Waals surface area contributed by atoms with Gasteiger partial charge in [-0.05, 0) is 12.8 Å². The lowest BCUT2D eigenvalue weighted by Crippen LogP contribution is -2.50. The van der Waals surface area contributed by atoms with E-state index in [1.54, 1.807) is 0 Å². The summed E-state index contributed by atoms with van der Waals surface area (Å²) in [7, 11) is 0. The molecule has 1 atom stereocenters. The molecule has 66 valence electrons. The van der Waals surface area contributed by atoms with Gasteiger partial charge >= 0.3 is 0 Å². The van der Waals surface area contributed by atoms with E-state index >= 15 is 0 Å². The molecular formula is C8H18NO2+. The summed E-state index contributed by atoms with van der Waals surface area (Å²) in [6.07, 6.45) is 3.81. The zero-order chi connectivity index (χ0) is 7.94. The minimum Gasteiger partial charge on any atom is -0.379 e. The highest BCUT2D eigenvalue weighted by atomic mass is 16.5. The Hall–Kier alpha value is -0.120. The van der Waals surface area contributed by atoms with E-state index in [9.17, 15) is 0 Å². The van der Waals surface area contributed by atoms with Gasteiger partial charge in [-0.15, -0.1) is 0 Å². The maximum Gasteiger partial charge on any atom is 0.0809 e. The summed E-state index contributed by atoms with van der Waals surface area (Å²) in [6, 6.07) is 0. The molecule has 3 nitrogen and oxygen atoms in total. The molecule has 1 rings (SSSR count).